The van der Waals surface area contributed by atoms with Gasteiger partial charge < -0.3 is 10.1 Å². The first kappa shape index (κ1) is 15.0. The highest BCUT2D eigenvalue weighted by Crippen LogP contribution is 2.17. The minimum absolute atomic E-state index is 0.234. The van der Waals surface area contributed by atoms with Crippen LogP contribution in [0.15, 0.2) is 40.8 Å². The van der Waals surface area contributed by atoms with Crippen molar-refractivity contribution in [3.8, 4) is 5.75 Å². The molecule has 0 aromatic heterocycles. The summed E-state index contributed by atoms with van der Waals surface area (Å²) in [6.45, 7) is 4.44. The van der Waals surface area contributed by atoms with Crippen LogP contribution in [0.5, 0.6) is 5.75 Å². The summed E-state index contributed by atoms with van der Waals surface area (Å²) in [4.78, 5) is 0.234. The summed E-state index contributed by atoms with van der Waals surface area (Å²) in [7, 11) is -3.49. The molecule has 1 aliphatic heterocycles. The molecule has 1 heterocycles. The van der Waals surface area contributed by atoms with Gasteiger partial charge in [-0.05, 0) is 32.0 Å². The number of sulfonamides is 1. The molecular formula is C14H20N2O3S. The monoisotopic (exact) mass is 296 g/mol. The molecule has 6 heteroatoms. The number of rotatable bonds is 6. The van der Waals surface area contributed by atoms with Gasteiger partial charge in [0.1, 0.15) is 5.75 Å². The molecule has 2 rings (SSSR count). The van der Waals surface area contributed by atoms with Crippen molar-refractivity contribution < 1.29 is 13.2 Å². The van der Waals surface area contributed by atoms with Gasteiger partial charge in [-0.1, -0.05) is 17.7 Å². The average molecular weight is 296 g/mol. The Hall–Kier alpha value is -1.37. The molecule has 0 saturated heterocycles. The summed E-state index contributed by atoms with van der Waals surface area (Å²) < 4.78 is 32.4. The highest BCUT2D eigenvalue weighted by molar-refractivity contribution is 7.89. The van der Waals surface area contributed by atoms with Crippen molar-refractivity contribution in [3.05, 3.63) is 35.9 Å². The standard InChI is InChI=1S/C14H20N2O3S/c1-2-19-13-4-3-5-14(10-13)20(17,18)16-11-12-6-8-15-9-7-12/h3-6,10,15-16H,2,7-9,11H2,1H3. The van der Waals surface area contributed by atoms with Crippen LogP contribution >= 0.6 is 0 Å². The Morgan fingerprint density at radius 1 is 1.40 bits per heavy atom. The summed E-state index contributed by atoms with van der Waals surface area (Å²) in [5.74, 6) is 0.566. The van der Waals surface area contributed by atoms with Gasteiger partial charge in [0.2, 0.25) is 10.0 Å². The molecule has 5 nitrogen and oxygen atoms in total. The Labute approximate surface area is 120 Å². The number of benzene rings is 1. The third-order valence-corrected chi connectivity index (χ3v) is 4.47. The molecule has 0 aliphatic carbocycles. The zero-order chi connectivity index (χ0) is 14.4. The van der Waals surface area contributed by atoms with E-state index in [1.54, 1.807) is 24.3 Å². The van der Waals surface area contributed by atoms with Gasteiger partial charge in [-0.15, -0.1) is 0 Å². The van der Waals surface area contributed by atoms with E-state index < -0.39 is 10.0 Å². The average Bonchev–Trinajstić information content (AvgIpc) is 2.47. The SMILES string of the molecule is CCOc1cccc(S(=O)(=O)NCC2=CCNCC2)c1. The fourth-order valence-electron chi connectivity index (χ4n) is 2.00. The number of nitrogens with one attached hydrogen (secondary N) is 2. The fraction of sp³-hybridized carbons (Fsp3) is 0.429. The van der Waals surface area contributed by atoms with Crippen LogP contribution in [-0.2, 0) is 10.0 Å². The second-order valence-corrected chi connectivity index (χ2v) is 6.32. The number of hydrogen-bond donors (Lipinski definition) is 2. The van der Waals surface area contributed by atoms with Crippen LogP contribution in [0.3, 0.4) is 0 Å². The van der Waals surface area contributed by atoms with Crippen molar-refractivity contribution in [2.45, 2.75) is 18.2 Å². The highest BCUT2D eigenvalue weighted by atomic mass is 32.2. The molecule has 1 aromatic carbocycles. The largest absolute Gasteiger partial charge is 0.494 e. The second-order valence-electron chi connectivity index (χ2n) is 4.55. The Balaban J connectivity index is 2.05. The maximum atomic E-state index is 12.2. The summed E-state index contributed by atoms with van der Waals surface area (Å²) in [5, 5.41) is 3.19. The van der Waals surface area contributed by atoms with Gasteiger partial charge in [-0.25, -0.2) is 13.1 Å². The number of ether oxygens (including phenoxy) is 1. The molecule has 0 radical (unpaired) electrons. The zero-order valence-corrected chi connectivity index (χ0v) is 12.4. The van der Waals surface area contributed by atoms with Gasteiger partial charge in [0, 0.05) is 19.2 Å². The van der Waals surface area contributed by atoms with Crippen LogP contribution in [0.4, 0.5) is 0 Å². The van der Waals surface area contributed by atoms with E-state index >= 15 is 0 Å². The lowest BCUT2D eigenvalue weighted by molar-refractivity contribution is 0.339. The van der Waals surface area contributed by atoms with E-state index in [0.29, 0.717) is 18.9 Å². The van der Waals surface area contributed by atoms with Crippen LogP contribution < -0.4 is 14.8 Å². The number of hydrogen-bond acceptors (Lipinski definition) is 4. The third kappa shape index (κ3) is 4.06. The lowest BCUT2D eigenvalue weighted by Crippen LogP contribution is -2.29. The summed E-state index contributed by atoms with van der Waals surface area (Å²) in [5.41, 5.74) is 1.12. The van der Waals surface area contributed by atoms with Crippen molar-refractivity contribution in [1.29, 1.82) is 0 Å². The normalized spacial score (nSPS) is 15.8. The van der Waals surface area contributed by atoms with Gasteiger partial charge >= 0.3 is 0 Å². The topological polar surface area (TPSA) is 67.4 Å². The first-order valence-corrected chi connectivity index (χ1v) is 8.21. The Bertz CT molecular complexity index is 582. The minimum Gasteiger partial charge on any atom is -0.494 e. The molecule has 0 fully saturated rings. The van der Waals surface area contributed by atoms with Gasteiger partial charge in [0.05, 0.1) is 11.5 Å². The molecule has 2 N–H and O–H groups in total. The van der Waals surface area contributed by atoms with Gasteiger partial charge in [0.15, 0.2) is 0 Å². The molecule has 0 atom stereocenters. The molecule has 20 heavy (non-hydrogen) atoms. The third-order valence-electron chi connectivity index (χ3n) is 3.07. The van der Waals surface area contributed by atoms with Crippen LogP contribution in [0, 0.1) is 0 Å². The predicted molar refractivity (Wildman–Crippen MR) is 78.4 cm³/mol. The fourth-order valence-corrected chi connectivity index (χ4v) is 3.07. The lowest BCUT2D eigenvalue weighted by Gasteiger charge is -2.15. The lowest BCUT2D eigenvalue weighted by atomic mass is 10.1. The Morgan fingerprint density at radius 3 is 2.95 bits per heavy atom. The van der Waals surface area contributed by atoms with Gasteiger partial charge in [-0.3, -0.25) is 0 Å². The molecule has 110 valence electrons. The Morgan fingerprint density at radius 2 is 2.25 bits per heavy atom. The molecule has 1 aromatic rings. The predicted octanol–water partition coefficient (Wildman–Crippen LogP) is 1.28. The van der Waals surface area contributed by atoms with E-state index in [0.717, 1.165) is 25.1 Å². The van der Waals surface area contributed by atoms with Crippen molar-refractivity contribution in [2.75, 3.05) is 26.2 Å². The summed E-state index contributed by atoms with van der Waals surface area (Å²) in [6.07, 6.45) is 2.91. The maximum Gasteiger partial charge on any atom is 0.240 e. The maximum absolute atomic E-state index is 12.2. The van der Waals surface area contributed by atoms with E-state index in [9.17, 15) is 8.42 Å². The molecule has 0 amide bonds. The van der Waals surface area contributed by atoms with Crippen LogP contribution in [0.1, 0.15) is 13.3 Å². The summed E-state index contributed by atoms with van der Waals surface area (Å²) in [6, 6.07) is 6.55. The van der Waals surface area contributed by atoms with Crippen molar-refractivity contribution in [3.63, 3.8) is 0 Å². The molecule has 0 saturated carbocycles. The van der Waals surface area contributed by atoms with Crippen molar-refractivity contribution >= 4 is 10.0 Å². The smallest absolute Gasteiger partial charge is 0.240 e. The molecule has 1 aliphatic rings. The van der Waals surface area contributed by atoms with Crippen LogP contribution in [-0.4, -0.2) is 34.7 Å². The summed E-state index contributed by atoms with van der Waals surface area (Å²) >= 11 is 0. The molecule has 0 spiro atoms. The van der Waals surface area contributed by atoms with E-state index in [4.69, 9.17) is 4.74 Å². The molecule has 0 bridgehead atoms. The van der Waals surface area contributed by atoms with Crippen molar-refractivity contribution in [1.82, 2.24) is 10.0 Å². The molecular weight excluding hydrogens is 276 g/mol. The van der Waals surface area contributed by atoms with Crippen molar-refractivity contribution in [2.24, 2.45) is 0 Å². The first-order chi connectivity index (χ1) is 9.62. The second kappa shape index (κ2) is 6.88. The van der Waals surface area contributed by atoms with Gasteiger partial charge in [0.25, 0.3) is 0 Å². The van der Waals surface area contributed by atoms with E-state index in [-0.39, 0.29) is 4.90 Å². The highest BCUT2D eigenvalue weighted by Gasteiger charge is 2.15. The van der Waals surface area contributed by atoms with E-state index in [1.807, 2.05) is 13.0 Å². The molecule has 0 unspecified atom stereocenters. The van der Waals surface area contributed by atoms with E-state index in [1.165, 1.54) is 0 Å². The van der Waals surface area contributed by atoms with Crippen LogP contribution in [0.2, 0.25) is 0 Å². The van der Waals surface area contributed by atoms with Gasteiger partial charge in [-0.2, -0.15) is 0 Å². The zero-order valence-electron chi connectivity index (χ0n) is 11.6. The Kier molecular flexibility index (Phi) is 5.17. The van der Waals surface area contributed by atoms with E-state index in [2.05, 4.69) is 10.0 Å². The first-order valence-electron chi connectivity index (χ1n) is 6.73. The minimum atomic E-state index is -3.49. The quantitative estimate of drug-likeness (QED) is 0.776. The van der Waals surface area contributed by atoms with Crippen LogP contribution in [0.25, 0.3) is 0 Å².